The minimum absolute atomic E-state index is 0.0874. The number of nitrogens with zero attached hydrogens (tertiary/aromatic N) is 1. The summed E-state index contributed by atoms with van der Waals surface area (Å²) in [6.07, 6.45) is 2.83. The number of thiazole rings is 1. The van der Waals surface area contributed by atoms with Crippen LogP contribution in [0.1, 0.15) is 49.7 Å². The third-order valence-electron chi connectivity index (χ3n) is 4.65. The number of carbonyl (C=O) groups excluding carboxylic acids is 2. The summed E-state index contributed by atoms with van der Waals surface area (Å²) in [4.78, 5) is 30.2. The minimum Gasteiger partial charge on any atom is -0.349 e. The molecule has 1 aliphatic carbocycles. The average molecular weight is 391 g/mol. The molecule has 1 heterocycles. The van der Waals surface area contributed by atoms with Crippen LogP contribution in [-0.4, -0.2) is 22.8 Å². The van der Waals surface area contributed by atoms with Gasteiger partial charge in [0, 0.05) is 28.5 Å². The van der Waals surface area contributed by atoms with Gasteiger partial charge in [-0.05, 0) is 49.6 Å². The van der Waals surface area contributed by atoms with Crippen LogP contribution in [0.2, 0.25) is 0 Å². The zero-order valence-corrected chi connectivity index (χ0v) is 16.4. The first kappa shape index (κ1) is 18.4. The second kappa shape index (κ2) is 7.94. The monoisotopic (exact) mass is 391 g/mol. The molecule has 4 rings (SSSR count). The molecule has 1 aromatic heterocycles. The first-order valence-corrected chi connectivity index (χ1v) is 10.1. The van der Waals surface area contributed by atoms with Crippen LogP contribution < -0.4 is 10.6 Å². The summed E-state index contributed by atoms with van der Waals surface area (Å²) in [7, 11) is 0. The van der Waals surface area contributed by atoms with Crippen LogP contribution in [0, 0.1) is 6.92 Å². The molecule has 1 saturated carbocycles. The number of hydrogen-bond donors (Lipinski definition) is 2. The smallest absolute Gasteiger partial charge is 0.257 e. The Morgan fingerprint density at radius 2 is 1.64 bits per heavy atom. The van der Waals surface area contributed by atoms with E-state index in [1.807, 2.05) is 25.1 Å². The lowest BCUT2D eigenvalue weighted by Crippen LogP contribution is -2.25. The SMILES string of the molecule is Cc1sc(NC(=O)c2ccc(C(=O)NC3CC3)cc2)nc1Cc1ccccc1. The number of amides is 2. The predicted octanol–water partition coefficient (Wildman–Crippen LogP) is 4.19. The van der Waals surface area contributed by atoms with Crippen LogP contribution in [0.15, 0.2) is 54.6 Å². The fraction of sp³-hybridized carbons (Fsp3) is 0.227. The summed E-state index contributed by atoms with van der Waals surface area (Å²) in [5.41, 5.74) is 3.23. The van der Waals surface area contributed by atoms with Gasteiger partial charge in [0.2, 0.25) is 0 Å². The highest BCUT2D eigenvalue weighted by atomic mass is 32.1. The summed E-state index contributed by atoms with van der Waals surface area (Å²) in [5, 5.41) is 6.39. The summed E-state index contributed by atoms with van der Waals surface area (Å²) in [6, 6.07) is 17.2. The number of aromatic nitrogens is 1. The molecular formula is C22H21N3O2S. The van der Waals surface area contributed by atoms with Crippen molar-refractivity contribution in [3.63, 3.8) is 0 Å². The Balaban J connectivity index is 1.40. The van der Waals surface area contributed by atoms with E-state index in [2.05, 4.69) is 27.8 Å². The van der Waals surface area contributed by atoms with Crippen LogP contribution in [0.5, 0.6) is 0 Å². The zero-order valence-electron chi connectivity index (χ0n) is 15.6. The van der Waals surface area contributed by atoms with Crippen molar-refractivity contribution in [2.45, 2.75) is 32.2 Å². The molecule has 0 radical (unpaired) electrons. The zero-order chi connectivity index (χ0) is 19.5. The van der Waals surface area contributed by atoms with E-state index >= 15 is 0 Å². The van der Waals surface area contributed by atoms with Gasteiger partial charge in [0.15, 0.2) is 5.13 Å². The average Bonchev–Trinajstić information content (AvgIpc) is 3.45. The Bertz CT molecular complexity index is 992. The lowest BCUT2D eigenvalue weighted by Gasteiger charge is -2.05. The van der Waals surface area contributed by atoms with E-state index in [4.69, 9.17) is 0 Å². The number of benzene rings is 2. The van der Waals surface area contributed by atoms with Crippen molar-refractivity contribution in [2.75, 3.05) is 5.32 Å². The van der Waals surface area contributed by atoms with Gasteiger partial charge >= 0.3 is 0 Å². The quantitative estimate of drug-likeness (QED) is 0.662. The normalized spacial score (nSPS) is 13.2. The molecule has 6 heteroatoms. The Morgan fingerprint density at radius 1 is 1.00 bits per heavy atom. The Labute approximate surface area is 167 Å². The second-order valence-electron chi connectivity index (χ2n) is 6.96. The highest BCUT2D eigenvalue weighted by molar-refractivity contribution is 7.15. The van der Waals surface area contributed by atoms with Crippen molar-refractivity contribution in [1.82, 2.24) is 10.3 Å². The number of hydrogen-bond acceptors (Lipinski definition) is 4. The van der Waals surface area contributed by atoms with Gasteiger partial charge in [0.25, 0.3) is 11.8 Å². The van der Waals surface area contributed by atoms with Gasteiger partial charge in [-0.25, -0.2) is 4.98 Å². The maximum absolute atomic E-state index is 12.5. The largest absolute Gasteiger partial charge is 0.349 e. The van der Waals surface area contributed by atoms with Crippen molar-refractivity contribution >= 4 is 28.3 Å². The van der Waals surface area contributed by atoms with E-state index in [0.717, 1.165) is 29.8 Å². The van der Waals surface area contributed by atoms with Crippen molar-refractivity contribution in [1.29, 1.82) is 0 Å². The summed E-state index contributed by atoms with van der Waals surface area (Å²) >= 11 is 1.47. The number of nitrogens with one attached hydrogen (secondary N) is 2. The van der Waals surface area contributed by atoms with E-state index in [9.17, 15) is 9.59 Å². The molecule has 0 atom stereocenters. The van der Waals surface area contributed by atoms with Gasteiger partial charge in [0.1, 0.15) is 0 Å². The van der Waals surface area contributed by atoms with Crippen LogP contribution in [0.25, 0.3) is 0 Å². The molecule has 0 bridgehead atoms. The van der Waals surface area contributed by atoms with Crippen molar-refractivity contribution in [3.05, 3.63) is 81.9 Å². The second-order valence-corrected chi connectivity index (χ2v) is 8.17. The minimum atomic E-state index is -0.228. The van der Waals surface area contributed by atoms with Gasteiger partial charge < -0.3 is 5.32 Å². The molecule has 1 fully saturated rings. The highest BCUT2D eigenvalue weighted by Gasteiger charge is 2.23. The van der Waals surface area contributed by atoms with Gasteiger partial charge in [-0.2, -0.15) is 0 Å². The molecule has 0 spiro atoms. The predicted molar refractivity (Wildman–Crippen MR) is 111 cm³/mol. The lowest BCUT2D eigenvalue weighted by atomic mass is 10.1. The first-order chi connectivity index (χ1) is 13.6. The fourth-order valence-electron chi connectivity index (χ4n) is 2.87. The maximum atomic E-state index is 12.5. The molecule has 2 aromatic carbocycles. The Morgan fingerprint density at radius 3 is 2.29 bits per heavy atom. The Kier molecular flexibility index (Phi) is 5.21. The standard InChI is InChI=1S/C22H21N3O2S/c1-14-19(13-15-5-3-2-4-6-15)24-22(28-14)25-21(27)17-9-7-16(8-10-17)20(26)23-18-11-12-18/h2-10,18H,11-13H2,1H3,(H,23,26)(H,24,25,27). The molecule has 1 aliphatic rings. The molecule has 2 N–H and O–H groups in total. The summed E-state index contributed by atoms with van der Waals surface area (Å²) < 4.78 is 0. The molecule has 2 amide bonds. The van der Waals surface area contributed by atoms with Crippen LogP contribution in [-0.2, 0) is 6.42 Å². The molecule has 0 aliphatic heterocycles. The van der Waals surface area contributed by atoms with Crippen LogP contribution in [0.4, 0.5) is 5.13 Å². The van der Waals surface area contributed by atoms with E-state index in [1.165, 1.54) is 16.9 Å². The number of anilines is 1. The summed E-state index contributed by atoms with van der Waals surface area (Å²) in [5.74, 6) is -0.315. The highest BCUT2D eigenvalue weighted by Crippen LogP contribution is 2.25. The van der Waals surface area contributed by atoms with Crippen LogP contribution in [0.3, 0.4) is 0 Å². The van der Waals surface area contributed by atoms with E-state index in [-0.39, 0.29) is 11.8 Å². The first-order valence-electron chi connectivity index (χ1n) is 9.31. The number of carbonyl (C=O) groups is 2. The molecule has 142 valence electrons. The molecule has 0 saturated heterocycles. The van der Waals surface area contributed by atoms with Crippen LogP contribution >= 0.6 is 11.3 Å². The van der Waals surface area contributed by atoms with Gasteiger partial charge in [-0.1, -0.05) is 30.3 Å². The van der Waals surface area contributed by atoms with Crippen molar-refractivity contribution in [2.24, 2.45) is 0 Å². The van der Waals surface area contributed by atoms with E-state index < -0.39 is 0 Å². The molecule has 5 nitrogen and oxygen atoms in total. The fourth-order valence-corrected chi connectivity index (χ4v) is 3.70. The lowest BCUT2D eigenvalue weighted by molar-refractivity contribution is 0.0949. The Hall–Kier alpha value is -2.99. The molecule has 28 heavy (non-hydrogen) atoms. The third-order valence-corrected chi connectivity index (χ3v) is 5.58. The molecule has 0 unspecified atom stereocenters. The number of aryl methyl sites for hydroxylation is 1. The number of rotatable bonds is 6. The molecular weight excluding hydrogens is 370 g/mol. The maximum Gasteiger partial charge on any atom is 0.257 e. The van der Waals surface area contributed by atoms with Gasteiger partial charge in [-0.15, -0.1) is 11.3 Å². The molecule has 3 aromatic rings. The summed E-state index contributed by atoms with van der Waals surface area (Å²) in [6.45, 7) is 2.01. The van der Waals surface area contributed by atoms with E-state index in [0.29, 0.717) is 22.3 Å². The third kappa shape index (κ3) is 4.46. The van der Waals surface area contributed by atoms with Gasteiger partial charge in [0.05, 0.1) is 5.69 Å². The topological polar surface area (TPSA) is 71.1 Å². The van der Waals surface area contributed by atoms with E-state index in [1.54, 1.807) is 24.3 Å². The van der Waals surface area contributed by atoms with Crippen molar-refractivity contribution in [3.8, 4) is 0 Å². The van der Waals surface area contributed by atoms with Gasteiger partial charge in [-0.3, -0.25) is 14.9 Å². The van der Waals surface area contributed by atoms with Crippen molar-refractivity contribution < 1.29 is 9.59 Å².